The molecule has 31 heavy (non-hydrogen) atoms. The summed E-state index contributed by atoms with van der Waals surface area (Å²) in [4.78, 5) is 12.3. The second-order valence-electron chi connectivity index (χ2n) is 8.19. The molecule has 2 N–H and O–H groups in total. The molecule has 0 aliphatic carbocycles. The summed E-state index contributed by atoms with van der Waals surface area (Å²) in [6.07, 6.45) is 5.43. The van der Waals surface area contributed by atoms with Crippen molar-refractivity contribution in [3.63, 3.8) is 0 Å². The number of hydrogen-bond acceptors (Lipinski definition) is 5. The molecule has 168 valence electrons. The van der Waals surface area contributed by atoms with Gasteiger partial charge in [-0.25, -0.2) is 0 Å². The first-order chi connectivity index (χ1) is 15.1. The van der Waals surface area contributed by atoms with E-state index in [0.717, 1.165) is 64.3 Å². The standard InChI is InChI=1S/C25H33NO5/c1-2-25(18-30-19-25)17-29-15-5-3-4-6-16-31-23-13-7-20(8-14-23)24(28)26-21-9-11-22(27)12-10-21/h7-14,27H,2-6,15-19H2,1H3,(H,26,28). The summed E-state index contributed by atoms with van der Waals surface area (Å²) in [6, 6.07) is 13.5. The third kappa shape index (κ3) is 7.26. The van der Waals surface area contributed by atoms with E-state index in [4.69, 9.17) is 14.2 Å². The number of aromatic hydroxyl groups is 1. The van der Waals surface area contributed by atoms with E-state index in [-0.39, 0.29) is 17.1 Å². The number of hydrogen-bond donors (Lipinski definition) is 2. The predicted molar refractivity (Wildman–Crippen MR) is 121 cm³/mol. The lowest BCUT2D eigenvalue weighted by Gasteiger charge is -2.40. The van der Waals surface area contributed by atoms with Gasteiger partial charge in [-0.2, -0.15) is 0 Å². The van der Waals surface area contributed by atoms with E-state index in [0.29, 0.717) is 17.9 Å². The maximum absolute atomic E-state index is 12.3. The Balaban J connectivity index is 1.25. The molecule has 2 aromatic carbocycles. The number of carbonyl (C=O) groups is 1. The molecule has 0 saturated carbocycles. The molecule has 6 nitrogen and oxygen atoms in total. The molecule has 3 rings (SSSR count). The van der Waals surface area contributed by atoms with Crippen LogP contribution >= 0.6 is 0 Å². The van der Waals surface area contributed by atoms with Crippen molar-refractivity contribution in [1.82, 2.24) is 0 Å². The van der Waals surface area contributed by atoms with Crippen molar-refractivity contribution < 1.29 is 24.1 Å². The molecule has 0 spiro atoms. The van der Waals surface area contributed by atoms with E-state index in [1.807, 2.05) is 12.1 Å². The zero-order valence-electron chi connectivity index (χ0n) is 18.3. The van der Waals surface area contributed by atoms with Gasteiger partial charge in [0.2, 0.25) is 0 Å². The summed E-state index contributed by atoms with van der Waals surface area (Å²) >= 11 is 0. The molecule has 1 fully saturated rings. The third-order valence-corrected chi connectivity index (χ3v) is 5.67. The molecular weight excluding hydrogens is 394 g/mol. The molecule has 6 heteroatoms. The van der Waals surface area contributed by atoms with Crippen LogP contribution in [0, 0.1) is 5.41 Å². The van der Waals surface area contributed by atoms with E-state index in [2.05, 4.69) is 12.2 Å². The van der Waals surface area contributed by atoms with E-state index < -0.39 is 0 Å². The number of ether oxygens (including phenoxy) is 3. The highest BCUT2D eigenvalue weighted by atomic mass is 16.5. The fourth-order valence-corrected chi connectivity index (χ4v) is 3.37. The van der Waals surface area contributed by atoms with E-state index >= 15 is 0 Å². The van der Waals surface area contributed by atoms with Gasteiger partial charge in [0.15, 0.2) is 0 Å². The lowest BCUT2D eigenvalue weighted by atomic mass is 9.84. The summed E-state index contributed by atoms with van der Waals surface area (Å²) in [5.41, 5.74) is 1.46. The number of anilines is 1. The van der Waals surface area contributed by atoms with E-state index in [1.54, 1.807) is 24.3 Å². The molecule has 1 amide bonds. The SMILES string of the molecule is CCC1(COCCCCCCOc2ccc(C(=O)Nc3ccc(O)cc3)cc2)COC1. The molecule has 0 aromatic heterocycles. The molecule has 0 bridgehead atoms. The number of amides is 1. The first-order valence-electron chi connectivity index (χ1n) is 11.1. The van der Waals surface area contributed by atoms with E-state index in [9.17, 15) is 9.90 Å². The molecule has 1 heterocycles. The van der Waals surface area contributed by atoms with Crippen LogP contribution in [0.4, 0.5) is 5.69 Å². The van der Waals surface area contributed by atoms with Gasteiger partial charge in [-0.1, -0.05) is 13.3 Å². The fourth-order valence-electron chi connectivity index (χ4n) is 3.37. The number of nitrogens with one attached hydrogen (secondary N) is 1. The van der Waals surface area contributed by atoms with Crippen molar-refractivity contribution in [1.29, 1.82) is 0 Å². The van der Waals surface area contributed by atoms with Crippen LogP contribution in [0.5, 0.6) is 11.5 Å². The van der Waals surface area contributed by atoms with Gasteiger partial charge in [0.25, 0.3) is 5.91 Å². The Morgan fingerprint density at radius 2 is 1.68 bits per heavy atom. The normalized spacial score (nSPS) is 14.6. The molecule has 0 radical (unpaired) electrons. The number of phenols is 1. The molecule has 0 unspecified atom stereocenters. The Bertz CT molecular complexity index is 794. The first kappa shape index (κ1) is 23.1. The predicted octanol–water partition coefficient (Wildman–Crippen LogP) is 5.03. The van der Waals surface area contributed by atoms with Crippen molar-refractivity contribution >= 4 is 11.6 Å². The largest absolute Gasteiger partial charge is 0.508 e. The van der Waals surface area contributed by atoms with Crippen LogP contribution in [0.3, 0.4) is 0 Å². The lowest BCUT2D eigenvalue weighted by molar-refractivity contribution is -0.150. The third-order valence-electron chi connectivity index (χ3n) is 5.67. The first-order valence-corrected chi connectivity index (χ1v) is 11.1. The second kappa shape index (κ2) is 11.7. The fraction of sp³-hybridized carbons (Fsp3) is 0.480. The Morgan fingerprint density at radius 3 is 2.29 bits per heavy atom. The van der Waals surface area contributed by atoms with Crippen LogP contribution in [0.25, 0.3) is 0 Å². The van der Waals surface area contributed by atoms with Crippen molar-refractivity contribution in [2.75, 3.05) is 38.4 Å². The minimum absolute atomic E-state index is 0.164. The molecule has 0 atom stereocenters. The monoisotopic (exact) mass is 427 g/mol. The second-order valence-corrected chi connectivity index (χ2v) is 8.19. The lowest BCUT2D eigenvalue weighted by Crippen LogP contribution is -2.45. The van der Waals surface area contributed by atoms with Crippen LogP contribution in [0.1, 0.15) is 49.4 Å². The minimum atomic E-state index is -0.200. The van der Waals surface area contributed by atoms with Crippen molar-refractivity contribution in [2.45, 2.75) is 39.0 Å². The summed E-state index contributed by atoms with van der Waals surface area (Å²) in [7, 11) is 0. The molecule has 1 aliphatic rings. The van der Waals surface area contributed by atoms with Gasteiger partial charge in [-0.05, 0) is 74.2 Å². The highest BCUT2D eigenvalue weighted by Gasteiger charge is 2.36. The van der Waals surface area contributed by atoms with Crippen molar-refractivity contribution in [3.8, 4) is 11.5 Å². The van der Waals surface area contributed by atoms with Crippen LogP contribution in [-0.4, -0.2) is 44.0 Å². The zero-order valence-corrected chi connectivity index (χ0v) is 18.3. The van der Waals surface area contributed by atoms with Gasteiger partial charge in [0, 0.05) is 23.3 Å². The van der Waals surface area contributed by atoms with Crippen molar-refractivity contribution in [2.24, 2.45) is 5.41 Å². The summed E-state index contributed by atoms with van der Waals surface area (Å²) in [5.74, 6) is 0.725. The van der Waals surface area contributed by atoms with Crippen LogP contribution in [-0.2, 0) is 9.47 Å². The summed E-state index contributed by atoms with van der Waals surface area (Å²) < 4.78 is 16.9. The van der Waals surface area contributed by atoms with Gasteiger partial charge in [0.05, 0.1) is 26.4 Å². The summed E-state index contributed by atoms with van der Waals surface area (Å²) in [5, 5.41) is 12.1. The quantitative estimate of drug-likeness (QED) is 0.346. The maximum atomic E-state index is 12.3. The van der Waals surface area contributed by atoms with Crippen LogP contribution in [0.2, 0.25) is 0 Å². The van der Waals surface area contributed by atoms with Crippen LogP contribution < -0.4 is 10.1 Å². The van der Waals surface area contributed by atoms with E-state index in [1.165, 1.54) is 12.1 Å². The molecular formula is C25H33NO5. The highest BCUT2D eigenvalue weighted by molar-refractivity contribution is 6.04. The Hall–Kier alpha value is -2.57. The molecule has 1 aliphatic heterocycles. The van der Waals surface area contributed by atoms with Gasteiger partial charge < -0.3 is 24.6 Å². The molecule has 2 aromatic rings. The molecule has 1 saturated heterocycles. The topological polar surface area (TPSA) is 77.0 Å². The van der Waals surface area contributed by atoms with Gasteiger partial charge in [-0.15, -0.1) is 0 Å². The Kier molecular flexibility index (Phi) is 8.74. The number of rotatable bonds is 13. The average molecular weight is 428 g/mol. The number of carbonyl (C=O) groups excluding carboxylic acids is 1. The average Bonchev–Trinajstić information content (AvgIpc) is 2.76. The van der Waals surface area contributed by atoms with Crippen molar-refractivity contribution in [3.05, 3.63) is 54.1 Å². The number of benzene rings is 2. The number of phenolic OH excluding ortho intramolecular Hbond substituents is 1. The minimum Gasteiger partial charge on any atom is -0.508 e. The van der Waals surface area contributed by atoms with Gasteiger partial charge in [0.1, 0.15) is 11.5 Å². The highest BCUT2D eigenvalue weighted by Crippen LogP contribution is 2.31. The van der Waals surface area contributed by atoms with Crippen LogP contribution in [0.15, 0.2) is 48.5 Å². The Morgan fingerprint density at radius 1 is 1.00 bits per heavy atom. The maximum Gasteiger partial charge on any atom is 0.255 e. The Labute approximate surface area is 184 Å². The summed E-state index contributed by atoms with van der Waals surface area (Å²) in [6.45, 7) is 6.17. The van der Waals surface area contributed by atoms with Gasteiger partial charge >= 0.3 is 0 Å². The number of unbranched alkanes of at least 4 members (excludes halogenated alkanes) is 3. The zero-order chi connectivity index (χ0) is 21.9. The smallest absolute Gasteiger partial charge is 0.255 e. The van der Waals surface area contributed by atoms with Gasteiger partial charge in [-0.3, -0.25) is 4.79 Å².